The molecule has 2 N–H and O–H groups in total. The molecule has 0 atom stereocenters. The standard InChI is InChI=1S/C23H25FN4O/c1-3-28(4-2)20-12-9-18(10-13-20)26-22-14-11-19(16-25-22)27-23(29)15-17-7-5-6-8-21(17)24/h5-14,16H,3-4,15H2,1-2H3,(H,25,26)(H,27,29). The number of pyridine rings is 1. The molecule has 0 radical (unpaired) electrons. The van der Waals surface area contributed by atoms with Gasteiger partial charge in [0.05, 0.1) is 18.3 Å². The molecule has 1 aromatic heterocycles. The van der Waals surface area contributed by atoms with Crippen molar-refractivity contribution < 1.29 is 9.18 Å². The van der Waals surface area contributed by atoms with E-state index in [-0.39, 0.29) is 18.1 Å². The highest BCUT2D eigenvalue weighted by atomic mass is 19.1. The Balaban J connectivity index is 1.57. The summed E-state index contributed by atoms with van der Waals surface area (Å²) in [7, 11) is 0. The summed E-state index contributed by atoms with van der Waals surface area (Å²) in [4.78, 5) is 18.7. The van der Waals surface area contributed by atoms with Gasteiger partial charge in [-0.1, -0.05) is 18.2 Å². The highest BCUT2D eigenvalue weighted by molar-refractivity contribution is 5.92. The monoisotopic (exact) mass is 392 g/mol. The highest BCUT2D eigenvalue weighted by Gasteiger charge is 2.08. The van der Waals surface area contributed by atoms with Gasteiger partial charge in [-0.25, -0.2) is 9.37 Å². The first kappa shape index (κ1) is 20.3. The Kier molecular flexibility index (Phi) is 6.79. The number of hydrogen-bond acceptors (Lipinski definition) is 4. The minimum atomic E-state index is -0.382. The van der Waals surface area contributed by atoms with Gasteiger partial charge in [0.1, 0.15) is 11.6 Å². The molecule has 0 bridgehead atoms. The van der Waals surface area contributed by atoms with E-state index in [4.69, 9.17) is 0 Å². The van der Waals surface area contributed by atoms with Crippen LogP contribution in [0.4, 0.5) is 27.3 Å². The van der Waals surface area contributed by atoms with Crippen molar-refractivity contribution in [3.05, 3.63) is 78.2 Å². The van der Waals surface area contributed by atoms with Crippen LogP contribution in [-0.4, -0.2) is 24.0 Å². The molecule has 0 aliphatic heterocycles. The lowest BCUT2D eigenvalue weighted by atomic mass is 10.1. The summed E-state index contributed by atoms with van der Waals surface area (Å²) >= 11 is 0. The summed E-state index contributed by atoms with van der Waals surface area (Å²) < 4.78 is 13.7. The smallest absolute Gasteiger partial charge is 0.228 e. The van der Waals surface area contributed by atoms with Gasteiger partial charge in [-0.05, 0) is 61.9 Å². The largest absolute Gasteiger partial charge is 0.372 e. The van der Waals surface area contributed by atoms with Crippen LogP contribution in [0.5, 0.6) is 0 Å². The summed E-state index contributed by atoms with van der Waals surface area (Å²) in [5.41, 5.74) is 3.05. The lowest BCUT2D eigenvalue weighted by Crippen LogP contribution is -2.21. The van der Waals surface area contributed by atoms with E-state index in [2.05, 4.69) is 46.5 Å². The molecule has 0 fully saturated rings. The van der Waals surface area contributed by atoms with Gasteiger partial charge in [-0.2, -0.15) is 0 Å². The number of nitrogens with one attached hydrogen (secondary N) is 2. The van der Waals surface area contributed by atoms with Crippen LogP contribution in [0.3, 0.4) is 0 Å². The molecule has 0 unspecified atom stereocenters. The van der Waals surface area contributed by atoms with Crippen LogP contribution in [0.2, 0.25) is 0 Å². The third-order valence-corrected chi connectivity index (χ3v) is 4.62. The number of carbonyl (C=O) groups excluding carboxylic acids is 1. The number of hydrogen-bond donors (Lipinski definition) is 2. The number of carbonyl (C=O) groups is 1. The van der Waals surface area contributed by atoms with Crippen molar-refractivity contribution in [3.63, 3.8) is 0 Å². The zero-order valence-corrected chi connectivity index (χ0v) is 16.7. The van der Waals surface area contributed by atoms with Gasteiger partial charge in [0.25, 0.3) is 0 Å². The normalized spacial score (nSPS) is 10.4. The molecule has 0 saturated heterocycles. The van der Waals surface area contributed by atoms with Gasteiger partial charge >= 0.3 is 0 Å². The third kappa shape index (κ3) is 5.54. The number of aromatic nitrogens is 1. The molecule has 3 aromatic rings. The Hall–Kier alpha value is -3.41. The summed E-state index contributed by atoms with van der Waals surface area (Å²) in [5.74, 6) is 0.00429. The van der Waals surface area contributed by atoms with Crippen molar-refractivity contribution in [2.75, 3.05) is 28.6 Å². The van der Waals surface area contributed by atoms with Crippen molar-refractivity contribution in [1.82, 2.24) is 4.98 Å². The molecule has 5 nitrogen and oxygen atoms in total. The highest BCUT2D eigenvalue weighted by Crippen LogP contribution is 2.21. The Labute approximate surface area is 170 Å². The summed E-state index contributed by atoms with van der Waals surface area (Å²) in [6, 6.07) is 18.0. The summed E-state index contributed by atoms with van der Waals surface area (Å²) in [6.45, 7) is 6.20. The molecule has 1 heterocycles. The van der Waals surface area contributed by atoms with E-state index in [1.807, 2.05) is 12.1 Å². The van der Waals surface area contributed by atoms with Crippen LogP contribution in [0.25, 0.3) is 0 Å². The number of halogens is 1. The maximum absolute atomic E-state index is 13.7. The van der Waals surface area contributed by atoms with E-state index in [9.17, 15) is 9.18 Å². The van der Waals surface area contributed by atoms with Crippen molar-refractivity contribution in [2.24, 2.45) is 0 Å². The first-order valence-corrected chi connectivity index (χ1v) is 9.70. The molecular weight excluding hydrogens is 367 g/mol. The van der Waals surface area contributed by atoms with Gasteiger partial charge in [-0.15, -0.1) is 0 Å². The van der Waals surface area contributed by atoms with E-state index in [1.165, 1.54) is 11.8 Å². The summed E-state index contributed by atoms with van der Waals surface area (Å²) in [6.07, 6.45) is 1.55. The Bertz CT molecular complexity index is 938. The van der Waals surface area contributed by atoms with Crippen molar-refractivity contribution >= 4 is 28.8 Å². The zero-order valence-electron chi connectivity index (χ0n) is 16.7. The number of nitrogens with zero attached hydrogens (tertiary/aromatic N) is 2. The van der Waals surface area contributed by atoms with E-state index in [0.717, 1.165) is 18.8 Å². The van der Waals surface area contributed by atoms with Crippen LogP contribution < -0.4 is 15.5 Å². The van der Waals surface area contributed by atoms with Gasteiger partial charge in [0, 0.05) is 24.5 Å². The van der Waals surface area contributed by atoms with Crippen molar-refractivity contribution in [1.29, 1.82) is 0 Å². The second-order valence-electron chi connectivity index (χ2n) is 6.59. The Morgan fingerprint density at radius 2 is 1.66 bits per heavy atom. The van der Waals surface area contributed by atoms with Crippen LogP contribution in [0.15, 0.2) is 66.9 Å². The number of rotatable bonds is 8. The second-order valence-corrected chi connectivity index (χ2v) is 6.59. The summed E-state index contributed by atoms with van der Waals surface area (Å²) in [5, 5.41) is 5.98. The molecule has 0 spiro atoms. The molecule has 29 heavy (non-hydrogen) atoms. The first-order chi connectivity index (χ1) is 14.1. The molecule has 6 heteroatoms. The second kappa shape index (κ2) is 9.68. The minimum Gasteiger partial charge on any atom is -0.372 e. The number of anilines is 4. The molecule has 1 amide bonds. The Morgan fingerprint density at radius 1 is 0.966 bits per heavy atom. The van der Waals surface area contributed by atoms with Crippen LogP contribution >= 0.6 is 0 Å². The fourth-order valence-corrected chi connectivity index (χ4v) is 3.05. The lowest BCUT2D eigenvalue weighted by Gasteiger charge is -2.21. The van der Waals surface area contributed by atoms with Gasteiger partial charge in [0.15, 0.2) is 0 Å². The average Bonchev–Trinajstić information content (AvgIpc) is 2.73. The molecule has 150 valence electrons. The first-order valence-electron chi connectivity index (χ1n) is 9.70. The van der Waals surface area contributed by atoms with E-state index in [1.54, 1.807) is 36.5 Å². The number of amides is 1. The Morgan fingerprint density at radius 3 is 2.28 bits per heavy atom. The van der Waals surface area contributed by atoms with E-state index < -0.39 is 0 Å². The third-order valence-electron chi connectivity index (χ3n) is 4.62. The topological polar surface area (TPSA) is 57.3 Å². The van der Waals surface area contributed by atoms with E-state index >= 15 is 0 Å². The van der Waals surface area contributed by atoms with Crippen molar-refractivity contribution in [2.45, 2.75) is 20.3 Å². The molecule has 3 rings (SSSR count). The molecular formula is C23H25FN4O. The predicted octanol–water partition coefficient (Wildman–Crippen LogP) is 4.99. The van der Waals surface area contributed by atoms with Crippen LogP contribution in [0.1, 0.15) is 19.4 Å². The fraction of sp³-hybridized carbons (Fsp3) is 0.217. The maximum Gasteiger partial charge on any atom is 0.228 e. The van der Waals surface area contributed by atoms with Gasteiger partial charge in [-0.3, -0.25) is 4.79 Å². The fourth-order valence-electron chi connectivity index (χ4n) is 3.05. The quantitative estimate of drug-likeness (QED) is 0.567. The lowest BCUT2D eigenvalue weighted by molar-refractivity contribution is -0.115. The van der Waals surface area contributed by atoms with Crippen LogP contribution in [-0.2, 0) is 11.2 Å². The SMILES string of the molecule is CCN(CC)c1ccc(Nc2ccc(NC(=O)Cc3ccccc3F)cn2)cc1. The minimum absolute atomic E-state index is 0.0223. The van der Waals surface area contributed by atoms with E-state index in [0.29, 0.717) is 17.1 Å². The molecule has 0 aliphatic rings. The van der Waals surface area contributed by atoms with Gasteiger partial charge < -0.3 is 15.5 Å². The molecule has 2 aromatic carbocycles. The van der Waals surface area contributed by atoms with Gasteiger partial charge in [0.2, 0.25) is 5.91 Å². The average molecular weight is 392 g/mol. The maximum atomic E-state index is 13.7. The zero-order chi connectivity index (χ0) is 20.6. The number of benzene rings is 2. The van der Waals surface area contributed by atoms with Crippen molar-refractivity contribution in [3.8, 4) is 0 Å². The molecule has 0 saturated carbocycles. The van der Waals surface area contributed by atoms with Crippen LogP contribution in [0, 0.1) is 5.82 Å². The molecule has 0 aliphatic carbocycles. The predicted molar refractivity (Wildman–Crippen MR) is 116 cm³/mol.